The van der Waals surface area contributed by atoms with Crippen molar-refractivity contribution in [2.45, 2.75) is 131 Å². The van der Waals surface area contributed by atoms with E-state index in [1.807, 2.05) is 27.7 Å². The Labute approximate surface area is 361 Å². The van der Waals surface area contributed by atoms with Gasteiger partial charge in [-0.3, -0.25) is 19.2 Å². The van der Waals surface area contributed by atoms with E-state index in [2.05, 4.69) is 36.6 Å². The first-order valence-electron chi connectivity index (χ1n) is 22.6. The van der Waals surface area contributed by atoms with Crippen LogP contribution in [-0.2, 0) is 24.0 Å². The van der Waals surface area contributed by atoms with E-state index in [0.29, 0.717) is 61.4 Å². The molecule has 4 N–H and O–H groups in total. The van der Waals surface area contributed by atoms with Crippen LogP contribution in [-0.4, -0.2) is 93.3 Å². The van der Waals surface area contributed by atoms with Crippen LogP contribution in [0.3, 0.4) is 0 Å². The minimum Gasteiger partial charge on any atom is -0.457 e. The molecule has 2 aromatic rings. The fourth-order valence-electron chi connectivity index (χ4n) is 12.2. The van der Waals surface area contributed by atoms with E-state index in [-0.39, 0.29) is 102 Å². The quantitative estimate of drug-likeness (QED) is 0.246. The van der Waals surface area contributed by atoms with Gasteiger partial charge in [0, 0.05) is 29.9 Å². The van der Waals surface area contributed by atoms with Crippen molar-refractivity contribution >= 4 is 40.7 Å². The second-order valence-electron chi connectivity index (χ2n) is 19.7. The first-order chi connectivity index (χ1) is 29.0. The number of rotatable bonds is 2. The number of carbonyl (C=O) groups is 4. The van der Waals surface area contributed by atoms with Gasteiger partial charge in [0.15, 0.2) is 6.61 Å². The minimum atomic E-state index is -0.526. The summed E-state index contributed by atoms with van der Waals surface area (Å²) < 4.78 is 6.00. The summed E-state index contributed by atoms with van der Waals surface area (Å²) in [6, 6.07) is 13.4. The van der Waals surface area contributed by atoms with Gasteiger partial charge in [0.25, 0.3) is 5.91 Å². The number of hydrogen-bond donors (Lipinski definition) is 4. The zero-order valence-electron chi connectivity index (χ0n) is 37.1. The average Bonchev–Trinajstić information content (AvgIpc) is 3.58. The first kappa shape index (κ1) is 44.6. The van der Waals surface area contributed by atoms with E-state index in [9.17, 15) is 29.4 Å². The van der Waals surface area contributed by atoms with Gasteiger partial charge < -0.3 is 40.2 Å². The van der Waals surface area contributed by atoms with Gasteiger partial charge in [0.2, 0.25) is 17.7 Å². The smallest absolute Gasteiger partial charge is 0.264 e. The van der Waals surface area contributed by atoms with Crippen LogP contribution < -0.4 is 15.4 Å². The van der Waals surface area contributed by atoms with E-state index in [4.69, 9.17) is 9.57 Å². The molecule has 4 saturated carbocycles. The van der Waals surface area contributed by atoms with E-state index in [1.165, 1.54) is 4.90 Å². The maximum absolute atomic E-state index is 13.8. The standard InChI is InChI=1S/C48H67N5O8/c1-28(2)52-25-42(56)49-32-9-13-35(14-10-32)61-36-15-11-33(12-16-36)50-43(57)26-53(29(3)4)45(59)27-60-51-34-20-21-47(6)31(22-34)23-40(54)46-38-18-17-37(30(5)8-19-44(52)58)48(38,7)41(55)24-39(46)47/h9-16,28-31,37-41,46,54-55H,8,17-27H2,1-7H3,(H,49,56)(H,50,57)/b51-34+/t30-,31+,37-,38+,39+,40-,41+,46+,47+,48-/m1/s1. The number of fused-ring (bicyclic) bond motifs is 1. The summed E-state index contributed by atoms with van der Waals surface area (Å²) >= 11 is 0. The summed E-state index contributed by atoms with van der Waals surface area (Å²) in [5.41, 5.74) is 1.53. The third-order valence-corrected chi connectivity index (χ3v) is 15.6. The Morgan fingerprint density at radius 2 is 1.30 bits per heavy atom. The summed E-state index contributed by atoms with van der Waals surface area (Å²) in [5.74, 6) is 1.00. The molecule has 13 nitrogen and oxygen atoms in total. The number of ether oxygens (including phenoxy) is 1. The maximum Gasteiger partial charge on any atom is 0.264 e. The van der Waals surface area contributed by atoms with Gasteiger partial charge in [-0.1, -0.05) is 25.9 Å². The summed E-state index contributed by atoms with van der Waals surface area (Å²) in [4.78, 5) is 62.3. The minimum absolute atomic E-state index is 0.0659. The van der Waals surface area contributed by atoms with Crippen molar-refractivity contribution < 1.29 is 39.0 Å². The number of aliphatic hydroxyl groups is 2. The van der Waals surface area contributed by atoms with Crippen molar-refractivity contribution in [2.75, 3.05) is 30.3 Å². The fraction of sp³-hybridized carbons (Fsp3) is 0.646. The lowest BCUT2D eigenvalue weighted by Gasteiger charge is -2.63. The summed E-state index contributed by atoms with van der Waals surface area (Å²) in [6.07, 6.45) is 5.37. The summed E-state index contributed by atoms with van der Waals surface area (Å²) in [6.45, 7) is 13.8. The summed E-state index contributed by atoms with van der Waals surface area (Å²) in [7, 11) is 0. The first-order valence-corrected chi connectivity index (χ1v) is 22.6. The normalized spacial score (nSPS) is 35.2. The molecule has 12 bridgehead atoms. The second-order valence-corrected chi connectivity index (χ2v) is 19.7. The van der Waals surface area contributed by atoms with Crippen molar-refractivity contribution in [2.24, 2.45) is 51.5 Å². The van der Waals surface area contributed by atoms with Crippen LogP contribution in [0.2, 0.25) is 0 Å². The Morgan fingerprint density at radius 1 is 0.738 bits per heavy atom. The lowest BCUT2D eigenvalue weighted by atomic mass is 9.43. The van der Waals surface area contributed by atoms with Crippen molar-refractivity contribution in [3.05, 3.63) is 48.5 Å². The van der Waals surface area contributed by atoms with E-state index < -0.39 is 12.2 Å². The number of nitrogens with one attached hydrogen (secondary N) is 2. The Morgan fingerprint density at radius 3 is 1.87 bits per heavy atom. The molecule has 0 unspecified atom stereocenters. The van der Waals surface area contributed by atoms with Crippen molar-refractivity contribution in [1.29, 1.82) is 0 Å². The molecule has 15 aliphatic rings. The number of anilines is 2. The molecular formula is C48H67N5O8. The number of amides is 4. The van der Waals surface area contributed by atoms with Gasteiger partial charge in [-0.15, -0.1) is 0 Å². The van der Waals surface area contributed by atoms with Crippen molar-refractivity contribution in [3.8, 4) is 11.5 Å². The van der Waals surface area contributed by atoms with Crippen LogP contribution in [0.4, 0.5) is 11.4 Å². The van der Waals surface area contributed by atoms with Crippen molar-refractivity contribution in [3.63, 3.8) is 0 Å². The molecule has 17 rings (SSSR count). The molecule has 4 fully saturated rings. The van der Waals surface area contributed by atoms with Gasteiger partial charge in [-0.2, -0.15) is 0 Å². The zero-order valence-corrected chi connectivity index (χ0v) is 37.1. The highest BCUT2D eigenvalue weighted by Gasteiger charge is 2.65. The third kappa shape index (κ3) is 9.19. The van der Waals surface area contributed by atoms with Gasteiger partial charge in [0.05, 0.1) is 17.9 Å². The fourth-order valence-corrected chi connectivity index (χ4v) is 12.2. The molecule has 61 heavy (non-hydrogen) atoms. The number of aliphatic hydroxyl groups excluding tert-OH is 2. The SMILES string of the molecule is CC(C)N1CC(=O)Nc2ccc(cc2)Oc2ccc(cc2)NC(=O)CN(C(C)C)C(=O)CO/N=C2\CC[C@@]3(C)[C@@H](C2)C[C@@H](O)[C@@H]2[C@@H]3C[C@H](O)[C@]3(C)[C@H](CC[C@@H]23)[C@H](C)CCC1=O. The molecule has 0 aromatic heterocycles. The van der Waals surface area contributed by atoms with Gasteiger partial charge >= 0.3 is 0 Å². The topological polar surface area (TPSA) is 170 Å². The molecule has 13 heteroatoms. The van der Waals surface area contributed by atoms with E-state index in [0.717, 1.165) is 25.0 Å². The molecule has 0 spiro atoms. The lowest BCUT2D eigenvalue weighted by Crippen LogP contribution is -2.62. The molecule has 2 aromatic carbocycles. The third-order valence-electron chi connectivity index (χ3n) is 15.6. The molecule has 11 aliphatic heterocycles. The number of carbonyl (C=O) groups excluding carboxylic acids is 4. The predicted octanol–water partition coefficient (Wildman–Crippen LogP) is 7.23. The molecule has 0 saturated heterocycles. The van der Waals surface area contributed by atoms with E-state index in [1.54, 1.807) is 53.4 Å². The molecule has 11 heterocycles. The zero-order chi connectivity index (χ0) is 43.8. The molecular weight excluding hydrogens is 775 g/mol. The Balaban J connectivity index is 1.11. The number of nitrogens with zero attached hydrogens (tertiary/aromatic N) is 3. The number of hydrogen-bond acceptors (Lipinski definition) is 9. The van der Waals surface area contributed by atoms with Crippen LogP contribution in [0, 0.1) is 46.3 Å². The van der Waals surface area contributed by atoms with Crippen LogP contribution in [0.5, 0.6) is 11.5 Å². The van der Waals surface area contributed by atoms with Crippen LogP contribution in [0.25, 0.3) is 0 Å². The number of oxime groups is 1. The predicted molar refractivity (Wildman–Crippen MR) is 234 cm³/mol. The highest BCUT2D eigenvalue weighted by Crippen LogP contribution is 2.68. The Bertz CT molecular complexity index is 1950. The van der Waals surface area contributed by atoms with Gasteiger partial charge in [0.1, 0.15) is 24.6 Å². The van der Waals surface area contributed by atoms with Crippen LogP contribution in [0.1, 0.15) is 106 Å². The van der Waals surface area contributed by atoms with Gasteiger partial charge in [-0.05, 0) is 174 Å². The Hall–Kier alpha value is -4.49. The summed E-state index contributed by atoms with van der Waals surface area (Å²) in [5, 5.41) is 34.4. The maximum atomic E-state index is 13.8. The lowest BCUT2D eigenvalue weighted by molar-refractivity contribution is -0.196. The molecule has 4 aliphatic carbocycles. The van der Waals surface area contributed by atoms with Crippen LogP contribution in [0.15, 0.2) is 53.7 Å². The molecule has 4 amide bonds. The van der Waals surface area contributed by atoms with Gasteiger partial charge in [-0.25, -0.2) is 0 Å². The molecule has 0 radical (unpaired) electrons. The second kappa shape index (κ2) is 18.1. The van der Waals surface area contributed by atoms with Crippen LogP contribution >= 0.6 is 0 Å². The molecule has 332 valence electrons. The Kier molecular flexibility index (Phi) is 13.2. The monoisotopic (exact) mass is 841 g/mol. The largest absolute Gasteiger partial charge is 0.457 e. The highest BCUT2D eigenvalue weighted by atomic mass is 16.6. The van der Waals surface area contributed by atoms with E-state index >= 15 is 0 Å². The molecule has 10 atom stereocenters. The average molecular weight is 842 g/mol. The number of benzene rings is 2. The van der Waals surface area contributed by atoms with Crippen molar-refractivity contribution in [1.82, 2.24) is 9.80 Å². The highest BCUT2D eigenvalue weighted by molar-refractivity contribution is 5.95.